The summed E-state index contributed by atoms with van der Waals surface area (Å²) in [6.07, 6.45) is 6.95. The van der Waals surface area contributed by atoms with Gasteiger partial charge in [0, 0.05) is 31.1 Å². The Bertz CT molecular complexity index is 983. The molecule has 1 aromatic heterocycles. The Morgan fingerprint density at radius 3 is 2.46 bits per heavy atom. The molecule has 0 amide bonds. The number of fused-ring (bicyclic) bond motifs is 2. The van der Waals surface area contributed by atoms with Gasteiger partial charge in [-0.3, -0.25) is 4.98 Å². The first-order valence-corrected chi connectivity index (χ1v) is 11.0. The third-order valence-electron chi connectivity index (χ3n) is 5.51. The molecule has 2 aliphatic rings. The molecule has 0 unspecified atom stereocenters. The van der Waals surface area contributed by atoms with E-state index in [4.69, 9.17) is 4.98 Å². The van der Waals surface area contributed by atoms with Crippen LogP contribution in [0.4, 0.5) is 0 Å². The number of piperidine rings is 1. The second-order valence-corrected chi connectivity index (χ2v) is 9.40. The van der Waals surface area contributed by atoms with Crippen LogP contribution in [0.5, 0.6) is 0 Å². The Morgan fingerprint density at radius 2 is 1.73 bits per heavy atom. The molecule has 26 heavy (non-hydrogen) atoms. The van der Waals surface area contributed by atoms with Crippen molar-refractivity contribution in [2.24, 2.45) is 0 Å². The predicted molar refractivity (Wildman–Crippen MR) is 104 cm³/mol. The summed E-state index contributed by atoms with van der Waals surface area (Å²) in [4.78, 5) is 7.50. The van der Waals surface area contributed by atoms with Crippen molar-refractivity contribution in [3.05, 3.63) is 64.5 Å². The maximum absolute atomic E-state index is 12.0. The SMILES string of the molecule is CN1CCC(=C2c3ccc(S(C)(=O)=O)cc3CCc3cccnc32)CC1. The number of benzene rings is 1. The van der Waals surface area contributed by atoms with Crippen molar-refractivity contribution in [2.75, 3.05) is 26.4 Å². The van der Waals surface area contributed by atoms with Gasteiger partial charge >= 0.3 is 0 Å². The van der Waals surface area contributed by atoms with E-state index in [1.807, 2.05) is 24.4 Å². The first-order chi connectivity index (χ1) is 12.4. The predicted octanol–water partition coefficient (Wildman–Crippen LogP) is 3.11. The zero-order valence-corrected chi connectivity index (χ0v) is 16.1. The lowest BCUT2D eigenvalue weighted by Gasteiger charge is -2.27. The molecule has 0 spiro atoms. The third-order valence-corrected chi connectivity index (χ3v) is 6.62. The van der Waals surface area contributed by atoms with Crippen LogP contribution in [0.1, 0.15) is 35.2 Å². The largest absolute Gasteiger partial charge is 0.306 e. The summed E-state index contributed by atoms with van der Waals surface area (Å²) in [6, 6.07) is 9.76. The minimum absolute atomic E-state index is 0.405. The number of hydrogen-bond acceptors (Lipinski definition) is 4. The maximum Gasteiger partial charge on any atom is 0.175 e. The molecule has 1 aliphatic carbocycles. The van der Waals surface area contributed by atoms with E-state index in [0.29, 0.717) is 4.90 Å². The van der Waals surface area contributed by atoms with Gasteiger partial charge in [-0.25, -0.2) is 8.42 Å². The number of rotatable bonds is 1. The summed E-state index contributed by atoms with van der Waals surface area (Å²) in [5.74, 6) is 0. The summed E-state index contributed by atoms with van der Waals surface area (Å²) in [6.45, 7) is 2.11. The van der Waals surface area contributed by atoms with Crippen LogP contribution in [-0.4, -0.2) is 44.7 Å². The van der Waals surface area contributed by atoms with Crippen molar-refractivity contribution in [3.63, 3.8) is 0 Å². The van der Waals surface area contributed by atoms with Crippen molar-refractivity contribution in [1.82, 2.24) is 9.88 Å². The van der Waals surface area contributed by atoms with Crippen molar-refractivity contribution < 1.29 is 8.42 Å². The molecular formula is C21H24N2O2S. The molecule has 0 saturated carbocycles. The lowest BCUT2D eigenvalue weighted by Crippen LogP contribution is -2.27. The molecule has 2 aromatic rings. The Hall–Kier alpha value is -1.98. The molecule has 1 aromatic carbocycles. The topological polar surface area (TPSA) is 50.3 Å². The fraction of sp³-hybridized carbons (Fsp3) is 0.381. The first kappa shape index (κ1) is 17.4. The molecule has 4 nitrogen and oxygen atoms in total. The lowest BCUT2D eigenvalue weighted by atomic mass is 9.89. The van der Waals surface area contributed by atoms with E-state index in [2.05, 4.69) is 18.0 Å². The number of sulfone groups is 1. The molecule has 0 N–H and O–H groups in total. The minimum atomic E-state index is -3.20. The van der Waals surface area contributed by atoms with E-state index in [9.17, 15) is 8.42 Å². The van der Waals surface area contributed by atoms with Gasteiger partial charge in [-0.2, -0.15) is 0 Å². The van der Waals surface area contributed by atoms with Crippen LogP contribution < -0.4 is 0 Å². The number of hydrogen-bond donors (Lipinski definition) is 0. The highest BCUT2D eigenvalue weighted by Crippen LogP contribution is 2.38. The van der Waals surface area contributed by atoms with E-state index in [0.717, 1.165) is 55.6 Å². The minimum Gasteiger partial charge on any atom is -0.306 e. The zero-order valence-electron chi connectivity index (χ0n) is 15.3. The van der Waals surface area contributed by atoms with Gasteiger partial charge < -0.3 is 4.90 Å². The van der Waals surface area contributed by atoms with Crippen LogP contribution in [-0.2, 0) is 22.7 Å². The molecule has 4 rings (SSSR count). The van der Waals surface area contributed by atoms with E-state index >= 15 is 0 Å². The molecule has 1 fully saturated rings. The fourth-order valence-corrected chi connectivity index (χ4v) is 4.68. The smallest absolute Gasteiger partial charge is 0.175 e. The van der Waals surface area contributed by atoms with Crippen LogP contribution >= 0.6 is 0 Å². The Kier molecular flexibility index (Phi) is 4.45. The van der Waals surface area contributed by atoms with Gasteiger partial charge in [0.25, 0.3) is 0 Å². The second kappa shape index (κ2) is 6.63. The van der Waals surface area contributed by atoms with Crippen LogP contribution in [0.3, 0.4) is 0 Å². The highest BCUT2D eigenvalue weighted by molar-refractivity contribution is 7.90. The molecular weight excluding hydrogens is 344 g/mol. The molecule has 5 heteroatoms. The van der Waals surface area contributed by atoms with Crippen molar-refractivity contribution in [3.8, 4) is 0 Å². The van der Waals surface area contributed by atoms with Gasteiger partial charge in [-0.1, -0.05) is 17.7 Å². The van der Waals surface area contributed by atoms with Crippen LogP contribution in [0, 0.1) is 0 Å². The highest BCUT2D eigenvalue weighted by atomic mass is 32.2. The molecule has 1 saturated heterocycles. The summed E-state index contributed by atoms with van der Waals surface area (Å²) in [5.41, 5.74) is 7.30. The van der Waals surface area contributed by atoms with E-state index in [1.165, 1.54) is 23.0 Å². The zero-order chi connectivity index (χ0) is 18.3. The van der Waals surface area contributed by atoms with Gasteiger partial charge in [0.1, 0.15) is 0 Å². The first-order valence-electron chi connectivity index (χ1n) is 9.11. The maximum atomic E-state index is 12.0. The van der Waals surface area contributed by atoms with Gasteiger partial charge in [-0.15, -0.1) is 0 Å². The lowest BCUT2D eigenvalue weighted by molar-refractivity contribution is 0.313. The van der Waals surface area contributed by atoms with Crippen molar-refractivity contribution in [1.29, 1.82) is 0 Å². The Labute approximate surface area is 155 Å². The average molecular weight is 369 g/mol. The van der Waals surface area contributed by atoms with E-state index in [-0.39, 0.29) is 0 Å². The van der Waals surface area contributed by atoms with Crippen molar-refractivity contribution >= 4 is 15.4 Å². The average Bonchev–Trinajstić information content (AvgIpc) is 2.78. The number of aromatic nitrogens is 1. The monoisotopic (exact) mass is 368 g/mol. The number of aryl methyl sites for hydroxylation is 2. The fourth-order valence-electron chi connectivity index (χ4n) is 4.01. The van der Waals surface area contributed by atoms with Gasteiger partial charge in [0.05, 0.1) is 10.6 Å². The van der Waals surface area contributed by atoms with Gasteiger partial charge in [0.15, 0.2) is 9.84 Å². The Balaban J connectivity index is 1.93. The van der Waals surface area contributed by atoms with Crippen molar-refractivity contribution in [2.45, 2.75) is 30.6 Å². The van der Waals surface area contributed by atoms with Crippen LogP contribution in [0.2, 0.25) is 0 Å². The van der Waals surface area contributed by atoms with Crippen LogP contribution in [0.15, 0.2) is 47.0 Å². The van der Waals surface area contributed by atoms with E-state index in [1.54, 1.807) is 6.07 Å². The molecule has 0 atom stereocenters. The van der Waals surface area contributed by atoms with Gasteiger partial charge in [-0.05, 0) is 67.6 Å². The Morgan fingerprint density at radius 1 is 1.00 bits per heavy atom. The van der Waals surface area contributed by atoms with E-state index < -0.39 is 9.84 Å². The van der Waals surface area contributed by atoms with Gasteiger partial charge in [0.2, 0.25) is 0 Å². The quantitative estimate of drug-likeness (QED) is 0.776. The number of pyridine rings is 1. The molecule has 2 heterocycles. The number of likely N-dealkylation sites (tertiary alicyclic amines) is 1. The summed E-state index contributed by atoms with van der Waals surface area (Å²) >= 11 is 0. The molecule has 0 radical (unpaired) electrons. The summed E-state index contributed by atoms with van der Waals surface area (Å²) in [5, 5.41) is 0. The summed E-state index contributed by atoms with van der Waals surface area (Å²) in [7, 11) is -1.04. The van der Waals surface area contributed by atoms with Crippen LogP contribution in [0.25, 0.3) is 5.57 Å². The summed E-state index contributed by atoms with van der Waals surface area (Å²) < 4.78 is 24.0. The molecule has 136 valence electrons. The molecule has 1 aliphatic heterocycles. The number of nitrogens with zero attached hydrogens (tertiary/aromatic N) is 2. The third kappa shape index (κ3) is 3.21. The standard InChI is InChI=1S/C21H24N2O2S/c1-23-12-9-15(10-13-23)20-19-8-7-18(26(2,24)25)14-17(19)6-5-16-4-3-11-22-21(16)20/h3-4,7-8,11,14H,5-6,9-10,12-13H2,1-2H3. The second-order valence-electron chi connectivity index (χ2n) is 7.38. The highest BCUT2D eigenvalue weighted by Gasteiger charge is 2.25. The normalized spacial score (nSPS) is 18.2. The molecule has 0 bridgehead atoms.